The zero-order valence-corrected chi connectivity index (χ0v) is 12.1. The second-order valence-electron chi connectivity index (χ2n) is 4.77. The van der Waals surface area contributed by atoms with Crippen LogP contribution < -0.4 is 0 Å². The van der Waals surface area contributed by atoms with Crippen LogP contribution in [0.15, 0.2) is 42.5 Å². The van der Waals surface area contributed by atoms with E-state index in [4.69, 9.17) is 0 Å². The van der Waals surface area contributed by atoms with Crippen molar-refractivity contribution in [3.8, 4) is 0 Å². The van der Waals surface area contributed by atoms with E-state index in [0.29, 0.717) is 29.5 Å². The van der Waals surface area contributed by atoms with Crippen LogP contribution in [0.5, 0.6) is 0 Å². The second-order valence-corrected chi connectivity index (χ2v) is 4.77. The maximum absolute atomic E-state index is 12.7. The predicted molar refractivity (Wildman–Crippen MR) is 81.7 cm³/mol. The molecule has 0 aromatic heterocycles. The van der Waals surface area contributed by atoms with Crippen molar-refractivity contribution in [2.75, 3.05) is 0 Å². The highest BCUT2D eigenvalue weighted by Crippen LogP contribution is 2.30. The van der Waals surface area contributed by atoms with Crippen LogP contribution in [0, 0.1) is 10.1 Å². The maximum Gasteiger partial charge on any atom is 0.283 e. The first-order valence-electron chi connectivity index (χ1n) is 6.99. The number of aryl methyl sites for hydroxylation is 2. The van der Waals surface area contributed by atoms with Gasteiger partial charge in [-0.2, -0.15) is 0 Å². The molecule has 108 valence electrons. The molecule has 0 atom stereocenters. The van der Waals surface area contributed by atoms with Crippen molar-refractivity contribution < 1.29 is 9.72 Å². The summed E-state index contributed by atoms with van der Waals surface area (Å²) >= 11 is 0. The number of hydrogen-bond donors (Lipinski definition) is 0. The Balaban J connectivity index is 2.71. The molecule has 0 unspecified atom stereocenters. The minimum absolute atomic E-state index is 0.0503. The number of nitro groups is 1. The zero-order chi connectivity index (χ0) is 15.4. The zero-order valence-electron chi connectivity index (χ0n) is 12.1. The molecule has 0 amide bonds. The van der Waals surface area contributed by atoms with Gasteiger partial charge in [-0.25, -0.2) is 0 Å². The molecule has 0 saturated carbocycles. The van der Waals surface area contributed by atoms with Gasteiger partial charge in [-0.3, -0.25) is 14.9 Å². The van der Waals surface area contributed by atoms with Gasteiger partial charge in [0.05, 0.1) is 4.92 Å². The van der Waals surface area contributed by atoms with Crippen LogP contribution in [0.1, 0.15) is 40.9 Å². The number of nitro benzene ring substituents is 1. The normalized spacial score (nSPS) is 10.4. The van der Waals surface area contributed by atoms with Crippen LogP contribution in [-0.4, -0.2) is 10.7 Å². The van der Waals surface area contributed by atoms with Gasteiger partial charge in [0.15, 0.2) is 5.78 Å². The molecular formula is C17H17NO3. The van der Waals surface area contributed by atoms with Gasteiger partial charge in [0.1, 0.15) is 5.56 Å². The number of hydrogen-bond acceptors (Lipinski definition) is 3. The van der Waals surface area contributed by atoms with E-state index < -0.39 is 4.92 Å². The lowest BCUT2D eigenvalue weighted by Gasteiger charge is -2.11. The van der Waals surface area contributed by atoms with Crippen molar-refractivity contribution in [1.82, 2.24) is 0 Å². The molecule has 0 aliphatic heterocycles. The molecule has 0 radical (unpaired) electrons. The number of rotatable bonds is 5. The Morgan fingerprint density at radius 3 is 2.10 bits per heavy atom. The highest BCUT2D eigenvalue weighted by atomic mass is 16.6. The fraction of sp³-hybridized carbons (Fsp3) is 0.235. The average molecular weight is 283 g/mol. The van der Waals surface area contributed by atoms with Crippen LogP contribution >= 0.6 is 0 Å². The lowest BCUT2D eigenvalue weighted by Crippen LogP contribution is -2.11. The van der Waals surface area contributed by atoms with Crippen molar-refractivity contribution in [3.63, 3.8) is 0 Å². The maximum atomic E-state index is 12.7. The predicted octanol–water partition coefficient (Wildman–Crippen LogP) is 3.95. The summed E-state index contributed by atoms with van der Waals surface area (Å²) in [6.07, 6.45) is 1.11. The van der Waals surface area contributed by atoms with E-state index in [9.17, 15) is 14.9 Å². The summed E-state index contributed by atoms with van der Waals surface area (Å²) in [6.45, 7) is 3.75. The molecule has 21 heavy (non-hydrogen) atoms. The van der Waals surface area contributed by atoms with Crippen LogP contribution in [-0.2, 0) is 12.8 Å². The number of ketones is 1. The molecule has 0 aliphatic carbocycles. The number of benzene rings is 2. The van der Waals surface area contributed by atoms with E-state index >= 15 is 0 Å². The van der Waals surface area contributed by atoms with E-state index in [1.165, 1.54) is 0 Å². The highest BCUT2D eigenvalue weighted by molar-refractivity contribution is 6.12. The molecule has 2 aromatic rings. The van der Waals surface area contributed by atoms with E-state index in [-0.39, 0.29) is 17.0 Å². The lowest BCUT2D eigenvalue weighted by atomic mass is 9.92. The minimum Gasteiger partial charge on any atom is -0.288 e. The van der Waals surface area contributed by atoms with E-state index in [2.05, 4.69) is 0 Å². The Kier molecular flexibility index (Phi) is 4.48. The standard InChI is InChI=1S/C17H17NO3/c1-3-12-10-11-13(4-2)16(18(20)21)15(12)17(19)14-8-6-5-7-9-14/h5-11H,3-4H2,1-2H3. The third-order valence-corrected chi connectivity index (χ3v) is 3.56. The van der Waals surface area contributed by atoms with E-state index in [0.717, 1.165) is 0 Å². The molecule has 0 aliphatic rings. The van der Waals surface area contributed by atoms with Crippen molar-refractivity contribution in [1.29, 1.82) is 0 Å². The highest BCUT2D eigenvalue weighted by Gasteiger charge is 2.27. The summed E-state index contributed by atoms with van der Waals surface area (Å²) in [4.78, 5) is 23.7. The number of nitrogens with zero attached hydrogens (tertiary/aromatic N) is 1. The molecule has 0 bridgehead atoms. The first-order chi connectivity index (χ1) is 10.1. The van der Waals surface area contributed by atoms with Gasteiger partial charge in [-0.15, -0.1) is 0 Å². The van der Waals surface area contributed by atoms with E-state index in [1.807, 2.05) is 26.0 Å². The fourth-order valence-corrected chi connectivity index (χ4v) is 2.45. The molecular weight excluding hydrogens is 266 g/mol. The van der Waals surface area contributed by atoms with Gasteiger partial charge < -0.3 is 0 Å². The van der Waals surface area contributed by atoms with Crippen molar-refractivity contribution in [3.05, 3.63) is 74.8 Å². The van der Waals surface area contributed by atoms with Crippen LogP contribution in [0.3, 0.4) is 0 Å². The van der Waals surface area contributed by atoms with Gasteiger partial charge in [-0.05, 0) is 18.4 Å². The second kappa shape index (κ2) is 6.31. The van der Waals surface area contributed by atoms with Gasteiger partial charge in [0.2, 0.25) is 0 Å². The SMILES string of the molecule is CCc1ccc(CC)c([N+](=O)[O-])c1C(=O)c1ccccc1. The van der Waals surface area contributed by atoms with Gasteiger partial charge >= 0.3 is 0 Å². The smallest absolute Gasteiger partial charge is 0.283 e. The van der Waals surface area contributed by atoms with Crippen molar-refractivity contribution in [2.45, 2.75) is 26.7 Å². The minimum atomic E-state index is -0.436. The van der Waals surface area contributed by atoms with Crippen molar-refractivity contribution >= 4 is 11.5 Å². The number of carbonyl (C=O) groups excluding carboxylic acids is 1. The first kappa shape index (κ1) is 14.9. The van der Waals surface area contributed by atoms with Crippen LogP contribution in [0.2, 0.25) is 0 Å². The molecule has 0 spiro atoms. The Labute approximate surface area is 123 Å². The monoisotopic (exact) mass is 283 g/mol. The van der Waals surface area contributed by atoms with Crippen LogP contribution in [0.25, 0.3) is 0 Å². The molecule has 0 heterocycles. The fourth-order valence-electron chi connectivity index (χ4n) is 2.45. The molecule has 2 aromatic carbocycles. The van der Waals surface area contributed by atoms with Gasteiger partial charge in [0.25, 0.3) is 5.69 Å². The third kappa shape index (κ3) is 2.84. The molecule has 0 fully saturated rings. The summed E-state index contributed by atoms with van der Waals surface area (Å²) in [5.41, 5.74) is 1.96. The largest absolute Gasteiger partial charge is 0.288 e. The quantitative estimate of drug-likeness (QED) is 0.474. The molecule has 4 nitrogen and oxygen atoms in total. The molecule has 0 saturated heterocycles. The van der Waals surface area contributed by atoms with E-state index in [1.54, 1.807) is 30.3 Å². The Hall–Kier alpha value is -2.49. The summed E-state index contributed by atoms with van der Waals surface area (Å²) in [5, 5.41) is 11.5. The topological polar surface area (TPSA) is 60.2 Å². The van der Waals surface area contributed by atoms with Crippen molar-refractivity contribution in [2.24, 2.45) is 0 Å². The molecule has 4 heteroatoms. The molecule has 0 N–H and O–H groups in total. The third-order valence-electron chi connectivity index (χ3n) is 3.56. The number of carbonyl (C=O) groups is 1. The molecule has 2 rings (SSSR count). The average Bonchev–Trinajstić information content (AvgIpc) is 2.53. The Bertz CT molecular complexity index is 678. The van der Waals surface area contributed by atoms with Gasteiger partial charge in [-0.1, -0.05) is 56.3 Å². The summed E-state index contributed by atoms with van der Waals surface area (Å²) in [7, 11) is 0. The van der Waals surface area contributed by atoms with Crippen LogP contribution in [0.4, 0.5) is 5.69 Å². The summed E-state index contributed by atoms with van der Waals surface area (Å²) in [5.74, 6) is -0.283. The first-order valence-corrected chi connectivity index (χ1v) is 6.99. The Morgan fingerprint density at radius 1 is 1.00 bits per heavy atom. The lowest BCUT2D eigenvalue weighted by molar-refractivity contribution is -0.385. The summed E-state index contributed by atoms with van der Waals surface area (Å²) < 4.78 is 0. The Morgan fingerprint density at radius 2 is 1.57 bits per heavy atom. The van der Waals surface area contributed by atoms with Gasteiger partial charge in [0, 0.05) is 11.1 Å². The summed E-state index contributed by atoms with van der Waals surface area (Å²) in [6, 6.07) is 12.3.